The maximum atomic E-state index is 13.6. The largest absolute Gasteiger partial charge is 0.433 e. The zero-order chi connectivity index (χ0) is 20.0. The van der Waals surface area contributed by atoms with Crippen LogP contribution in [0.5, 0.6) is 0 Å². The Morgan fingerprint density at radius 1 is 1.26 bits per heavy atom. The maximum absolute atomic E-state index is 13.6. The summed E-state index contributed by atoms with van der Waals surface area (Å²) in [7, 11) is 0. The zero-order valence-corrected chi connectivity index (χ0v) is 15.8. The molecular weight excluding hydrogens is 381 g/mol. The number of hydrogen-bond donors (Lipinski definition) is 2. The molecule has 1 atom stereocenters. The minimum Gasteiger partial charge on any atom is -0.352 e. The van der Waals surface area contributed by atoms with Crippen molar-refractivity contribution >= 4 is 29.6 Å². The molecule has 0 fully saturated rings. The highest BCUT2D eigenvalue weighted by Gasteiger charge is 2.45. The van der Waals surface area contributed by atoms with Gasteiger partial charge in [-0.3, -0.25) is 4.79 Å². The van der Waals surface area contributed by atoms with Crippen LogP contribution in [0.2, 0.25) is 0 Å². The van der Waals surface area contributed by atoms with Crippen LogP contribution < -0.4 is 10.6 Å². The van der Waals surface area contributed by atoms with Crippen molar-refractivity contribution < 1.29 is 18.0 Å². The normalized spacial score (nSPS) is 17.4. The number of aliphatic imine (C=N–C) groups is 1. The minimum absolute atomic E-state index is 0.198. The summed E-state index contributed by atoms with van der Waals surface area (Å²) in [6, 6.07) is 8.58. The van der Waals surface area contributed by atoms with Gasteiger partial charge in [0.05, 0.1) is 5.57 Å². The number of nitrogens with one attached hydrogen (secondary N) is 2. The summed E-state index contributed by atoms with van der Waals surface area (Å²) < 4.78 is 41.2. The second-order valence-corrected chi connectivity index (χ2v) is 6.49. The number of alkyl halides is 3. The standard InChI is InChI=1S/C18H22ClF3N4O/c1-3-12(4-2)10-23-16(27)14-11-24-17(25-13-8-6-5-7-9-13)26(19)15(14)18(20,21)22/h5-9,11-12,17,25H,3-4,10H2,1-2H3,(H,23,27). The lowest BCUT2D eigenvalue weighted by Gasteiger charge is -2.32. The highest BCUT2D eigenvalue weighted by atomic mass is 35.5. The van der Waals surface area contributed by atoms with Crippen LogP contribution in [0.3, 0.4) is 0 Å². The fourth-order valence-electron chi connectivity index (χ4n) is 2.63. The Bertz CT molecular complexity index is 702. The molecule has 1 aromatic rings. The van der Waals surface area contributed by atoms with Gasteiger partial charge in [-0.25, -0.2) is 9.41 Å². The summed E-state index contributed by atoms with van der Waals surface area (Å²) in [6.07, 6.45) is -3.44. The molecule has 1 aliphatic heterocycles. The molecule has 2 N–H and O–H groups in total. The molecule has 0 aromatic heterocycles. The van der Waals surface area contributed by atoms with Crippen LogP contribution in [0.1, 0.15) is 26.7 Å². The van der Waals surface area contributed by atoms with Gasteiger partial charge in [-0.05, 0) is 18.1 Å². The molecule has 1 amide bonds. The molecule has 0 bridgehead atoms. The Morgan fingerprint density at radius 3 is 2.44 bits per heavy atom. The molecule has 0 spiro atoms. The number of allylic oxidation sites excluding steroid dienone is 1. The van der Waals surface area contributed by atoms with Crippen molar-refractivity contribution in [3.8, 4) is 0 Å². The Labute approximate surface area is 161 Å². The first-order valence-corrected chi connectivity index (χ1v) is 9.01. The molecule has 0 radical (unpaired) electrons. The fourth-order valence-corrected chi connectivity index (χ4v) is 2.92. The van der Waals surface area contributed by atoms with Gasteiger partial charge in [-0.1, -0.05) is 44.9 Å². The van der Waals surface area contributed by atoms with Gasteiger partial charge in [0, 0.05) is 30.2 Å². The molecule has 1 unspecified atom stereocenters. The molecule has 5 nitrogen and oxygen atoms in total. The van der Waals surface area contributed by atoms with Crippen molar-refractivity contribution in [2.45, 2.75) is 39.2 Å². The van der Waals surface area contributed by atoms with Crippen molar-refractivity contribution in [3.05, 3.63) is 41.6 Å². The molecule has 2 rings (SSSR count). The van der Waals surface area contributed by atoms with E-state index in [-0.39, 0.29) is 5.92 Å². The Kier molecular flexibility index (Phi) is 7.12. The van der Waals surface area contributed by atoms with Gasteiger partial charge in [0.15, 0.2) is 5.70 Å². The fraction of sp³-hybridized carbons (Fsp3) is 0.444. The summed E-state index contributed by atoms with van der Waals surface area (Å²) in [5.74, 6) is -0.647. The van der Waals surface area contributed by atoms with Crippen LogP contribution in [0.25, 0.3) is 0 Å². The number of nitrogens with zero attached hydrogens (tertiary/aromatic N) is 2. The van der Waals surface area contributed by atoms with Crippen LogP contribution in [0, 0.1) is 5.92 Å². The number of anilines is 1. The monoisotopic (exact) mass is 402 g/mol. The van der Waals surface area contributed by atoms with E-state index in [4.69, 9.17) is 11.8 Å². The van der Waals surface area contributed by atoms with E-state index in [0.717, 1.165) is 19.1 Å². The van der Waals surface area contributed by atoms with Gasteiger partial charge in [0.25, 0.3) is 5.91 Å². The van der Waals surface area contributed by atoms with Gasteiger partial charge in [0.2, 0.25) is 6.29 Å². The van der Waals surface area contributed by atoms with Crippen LogP contribution in [0.15, 0.2) is 46.6 Å². The number of rotatable bonds is 7. The van der Waals surface area contributed by atoms with Gasteiger partial charge in [-0.2, -0.15) is 13.2 Å². The average molecular weight is 403 g/mol. The van der Waals surface area contributed by atoms with E-state index in [2.05, 4.69) is 15.6 Å². The van der Waals surface area contributed by atoms with E-state index >= 15 is 0 Å². The molecule has 0 saturated heterocycles. The molecular formula is C18H22ClF3N4O. The van der Waals surface area contributed by atoms with Gasteiger partial charge < -0.3 is 10.6 Å². The van der Waals surface area contributed by atoms with Crippen molar-refractivity contribution in [3.63, 3.8) is 0 Å². The number of para-hydroxylation sites is 1. The average Bonchev–Trinajstić information content (AvgIpc) is 2.63. The molecule has 0 saturated carbocycles. The van der Waals surface area contributed by atoms with E-state index < -0.39 is 29.6 Å². The number of halogens is 4. The summed E-state index contributed by atoms with van der Waals surface area (Å²) in [4.78, 5) is 16.3. The second-order valence-electron chi connectivity index (χ2n) is 6.13. The number of carbonyl (C=O) groups excluding carboxylic acids is 1. The quantitative estimate of drug-likeness (QED) is 0.669. The van der Waals surface area contributed by atoms with Gasteiger partial charge >= 0.3 is 6.18 Å². The lowest BCUT2D eigenvalue weighted by molar-refractivity contribution is -0.121. The first-order chi connectivity index (χ1) is 12.8. The smallest absolute Gasteiger partial charge is 0.352 e. The van der Waals surface area contributed by atoms with Crippen LogP contribution in [-0.2, 0) is 4.79 Å². The summed E-state index contributed by atoms with van der Waals surface area (Å²) in [5.41, 5.74) is -1.29. The van der Waals surface area contributed by atoms with Crippen molar-refractivity contribution in [2.75, 3.05) is 11.9 Å². The third-order valence-corrected chi connectivity index (χ3v) is 4.67. The number of amides is 1. The summed E-state index contributed by atoms with van der Waals surface area (Å²) in [6.45, 7) is 4.22. The molecule has 9 heteroatoms. The molecule has 148 valence electrons. The molecule has 1 aromatic carbocycles. The lowest BCUT2D eigenvalue weighted by atomic mass is 10.0. The third-order valence-electron chi connectivity index (χ3n) is 4.32. The van der Waals surface area contributed by atoms with Crippen LogP contribution in [0.4, 0.5) is 18.9 Å². The van der Waals surface area contributed by atoms with E-state index in [0.29, 0.717) is 16.7 Å². The summed E-state index contributed by atoms with van der Waals surface area (Å²) in [5, 5.41) is 5.34. The Morgan fingerprint density at radius 2 is 1.89 bits per heavy atom. The second kappa shape index (κ2) is 9.12. The highest BCUT2D eigenvalue weighted by Crippen LogP contribution is 2.36. The zero-order valence-electron chi connectivity index (χ0n) is 15.1. The van der Waals surface area contributed by atoms with E-state index in [1.54, 1.807) is 30.3 Å². The number of carbonyl (C=O) groups is 1. The SMILES string of the molecule is CCC(CC)CNC(=O)C1=C(C(F)(F)F)N(Cl)C(Nc2ccccc2)N=C1. The number of benzene rings is 1. The predicted octanol–water partition coefficient (Wildman–Crippen LogP) is 4.29. The topological polar surface area (TPSA) is 56.7 Å². The Balaban J connectivity index is 2.22. The third kappa shape index (κ3) is 5.38. The minimum atomic E-state index is -4.81. The first kappa shape index (κ1) is 21.1. The maximum Gasteiger partial charge on any atom is 0.433 e. The predicted molar refractivity (Wildman–Crippen MR) is 100 cm³/mol. The van der Waals surface area contributed by atoms with Gasteiger partial charge in [0.1, 0.15) is 0 Å². The van der Waals surface area contributed by atoms with Gasteiger partial charge in [-0.15, -0.1) is 0 Å². The van der Waals surface area contributed by atoms with Crippen LogP contribution in [-0.4, -0.2) is 35.6 Å². The van der Waals surface area contributed by atoms with E-state index in [1.807, 2.05) is 13.8 Å². The molecule has 1 aliphatic rings. The molecule has 27 heavy (non-hydrogen) atoms. The summed E-state index contributed by atoms with van der Waals surface area (Å²) >= 11 is 5.94. The lowest BCUT2D eigenvalue weighted by Crippen LogP contribution is -2.43. The van der Waals surface area contributed by atoms with Crippen molar-refractivity contribution in [1.29, 1.82) is 0 Å². The Hall–Kier alpha value is -2.22. The molecule has 0 aliphatic carbocycles. The first-order valence-electron chi connectivity index (χ1n) is 8.67. The van der Waals surface area contributed by atoms with E-state index in [1.165, 1.54) is 0 Å². The molecule has 1 heterocycles. The number of hydrogen-bond acceptors (Lipinski definition) is 4. The highest BCUT2D eigenvalue weighted by molar-refractivity contribution is 6.19. The van der Waals surface area contributed by atoms with Crippen molar-refractivity contribution in [1.82, 2.24) is 9.74 Å². The van der Waals surface area contributed by atoms with Crippen molar-refractivity contribution in [2.24, 2.45) is 10.9 Å². The van der Waals surface area contributed by atoms with Crippen LogP contribution >= 0.6 is 11.8 Å². The van der Waals surface area contributed by atoms with E-state index in [9.17, 15) is 18.0 Å².